The summed E-state index contributed by atoms with van der Waals surface area (Å²) in [6, 6.07) is 6.78. The zero-order valence-electron chi connectivity index (χ0n) is 13.2. The lowest BCUT2D eigenvalue weighted by molar-refractivity contribution is -0.121. The molecule has 0 fully saturated rings. The van der Waals surface area contributed by atoms with E-state index >= 15 is 0 Å². The number of allylic oxidation sites excluding steroid dienone is 1. The van der Waals surface area contributed by atoms with E-state index in [9.17, 15) is 14.7 Å². The highest BCUT2D eigenvalue weighted by Gasteiger charge is 2.21. The Morgan fingerprint density at radius 1 is 1.38 bits per heavy atom. The molecule has 0 radical (unpaired) electrons. The highest BCUT2D eigenvalue weighted by molar-refractivity contribution is 5.91. The largest absolute Gasteiger partial charge is 0.497 e. The maximum Gasteiger partial charge on any atom is 0.374 e. The van der Waals surface area contributed by atoms with Gasteiger partial charge >= 0.3 is 5.97 Å². The van der Waals surface area contributed by atoms with Gasteiger partial charge in [0.05, 0.1) is 13.7 Å². The number of aromatic carboxylic acids is 1. The predicted octanol–water partition coefficient (Wildman–Crippen LogP) is 2.63. The van der Waals surface area contributed by atoms with Gasteiger partial charge in [0.2, 0.25) is 17.6 Å². The second-order valence-corrected chi connectivity index (χ2v) is 4.92. The number of hydrogen-bond donors (Lipinski definition) is 2. The molecule has 2 aromatic rings. The number of rotatable bonds is 8. The Hall–Kier alpha value is -3.09. The van der Waals surface area contributed by atoms with E-state index in [1.165, 1.54) is 0 Å². The number of carbonyl (C=O) groups excluding carboxylic acids is 1. The van der Waals surface area contributed by atoms with Crippen LogP contribution in [0.4, 0.5) is 0 Å². The molecule has 1 aromatic carbocycles. The smallest absolute Gasteiger partial charge is 0.374 e. The van der Waals surface area contributed by atoms with Gasteiger partial charge in [-0.2, -0.15) is 0 Å². The first-order valence-corrected chi connectivity index (χ1v) is 7.30. The first-order chi connectivity index (χ1) is 11.5. The second-order valence-electron chi connectivity index (χ2n) is 4.92. The van der Waals surface area contributed by atoms with Gasteiger partial charge in [0.1, 0.15) is 11.4 Å². The topological polar surface area (TPSA) is 102 Å². The number of benzene rings is 1. The van der Waals surface area contributed by atoms with Gasteiger partial charge in [-0.25, -0.2) is 9.78 Å². The highest BCUT2D eigenvalue weighted by atomic mass is 16.5. The van der Waals surface area contributed by atoms with Crippen molar-refractivity contribution in [1.29, 1.82) is 0 Å². The van der Waals surface area contributed by atoms with Crippen LogP contribution < -0.4 is 10.1 Å². The van der Waals surface area contributed by atoms with Crippen LogP contribution in [0.15, 0.2) is 41.3 Å². The average Bonchev–Trinajstić information content (AvgIpc) is 3.03. The minimum Gasteiger partial charge on any atom is -0.497 e. The van der Waals surface area contributed by atoms with Crippen LogP contribution in [0, 0.1) is 0 Å². The van der Waals surface area contributed by atoms with E-state index in [2.05, 4.69) is 16.9 Å². The number of nitrogens with one attached hydrogen (secondary N) is 1. The van der Waals surface area contributed by atoms with Gasteiger partial charge in [0.15, 0.2) is 0 Å². The molecule has 0 bridgehead atoms. The van der Waals surface area contributed by atoms with E-state index in [1.807, 2.05) is 0 Å². The molecular formula is C17H18N2O5. The lowest BCUT2D eigenvalue weighted by Gasteiger charge is -2.01. The Morgan fingerprint density at radius 3 is 2.67 bits per heavy atom. The summed E-state index contributed by atoms with van der Waals surface area (Å²) in [4.78, 5) is 27.1. The van der Waals surface area contributed by atoms with Gasteiger partial charge in [0.25, 0.3) is 0 Å². The Labute approximate surface area is 139 Å². The maximum atomic E-state index is 11.6. The second kappa shape index (κ2) is 7.96. The maximum absolute atomic E-state index is 11.6. The fourth-order valence-electron chi connectivity index (χ4n) is 2.03. The zero-order valence-corrected chi connectivity index (χ0v) is 13.2. The van der Waals surface area contributed by atoms with Crippen molar-refractivity contribution in [1.82, 2.24) is 10.3 Å². The van der Waals surface area contributed by atoms with Crippen LogP contribution in [-0.2, 0) is 11.3 Å². The van der Waals surface area contributed by atoms with Crippen molar-refractivity contribution in [3.05, 3.63) is 48.6 Å². The summed E-state index contributed by atoms with van der Waals surface area (Å²) in [6.07, 6.45) is 2.52. The molecule has 0 spiro atoms. The molecule has 126 valence electrons. The van der Waals surface area contributed by atoms with Crippen molar-refractivity contribution in [2.75, 3.05) is 7.11 Å². The van der Waals surface area contributed by atoms with Crippen LogP contribution in [0.2, 0.25) is 0 Å². The zero-order chi connectivity index (χ0) is 17.5. The lowest BCUT2D eigenvalue weighted by Crippen LogP contribution is -2.22. The Bertz CT molecular complexity index is 734. The molecule has 0 atom stereocenters. The molecule has 0 unspecified atom stereocenters. The van der Waals surface area contributed by atoms with E-state index in [-0.39, 0.29) is 29.8 Å². The van der Waals surface area contributed by atoms with Gasteiger partial charge in [0, 0.05) is 12.0 Å². The molecule has 7 heteroatoms. The summed E-state index contributed by atoms with van der Waals surface area (Å²) in [5, 5.41) is 11.9. The van der Waals surface area contributed by atoms with Gasteiger partial charge < -0.3 is 19.6 Å². The lowest BCUT2D eigenvalue weighted by atomic mass is 10.1. The average molecular weight is 330 g/mol. The molecule has 24 heavy (non-hydrogen) atoms. The number of oxazole rings is 1. The quantitative estimate of drug-likeness (QED) is 0.722. The SMILES string of the molecule is C=CCCC(=O)NCc1nc(-c2ccc(OC)cc2)c(C(=O)O)o1. The van der Waals surface area contributed by atoms with Crippen molar-refractivity contribution >= 4 is 11.9 Å². The number of nitrogens with zero attached hydrogens (tertiary/aromatic N) is 1. The third-order valence-electron chi connectivity index (χ3n) is 3.24. The van der Waals surface area contributed by atoms with Gasteiger partial charge in [-0.05, 0) is 30.7 Å². The molecule has 0 aliphatic rings. The highest BCUT2D eigenvalue weighted by Crippen LogP contribution is 2.26. The molecule has 7 nitrogen and oxygen atoms in total. The first-order valence-electron chi connectivity index (χ1n) is 7.30. The van der Waals surface area contributed by atoms with Gasteiger partial charge in [-0.1, -0.05) is 6.08 Å². The van der Waals surface area contributed by atoms with E-state index in [0.717, 1.165) is 0 Å². The molecule has 0 saturated carbocycles. The van der Waals surface area contributed by atoms with Crippen molar-refractivity contribution < 1.29 is 23.8 Å². The van der Waals surface area contributed by atoms with Gasteiger partial charge in [-0.15, -0.1) is 6.58 Å². The summed E-state index contributed by atoms with van der Waals surface area (Å²) in [6.45, 7) is 3.57. The van der Waals surface area contributed by atoms with Crippen molar-refractivity contribution in [3.8, 4) is 17.0 Å². The Kier molecular flexibility index (Phi) is 5.73. The molecule has 1 heterocycles. The van der Waals surface area contributed by atoms with E-state index < -0.39 is 5.97 Å². The molecule has 0 aliphatic carbocycles. The van der Waals surface area contributed by atoms with Crippen LogP contribution >= 0.6 is 0 Å². The Balaban J connectivity index is 2.18. The number of amides is 1. The molecule has 2 N–H and O–H groups in total. The molecule has 1 amide bonds. The first kappa shape index (κ1) is 17.3. The number of carboxylic acid groups (broad SMARTS) is 1. The normalized spacial score (nSPS) is 10.2. The van der Waals surface area contributed by atoms with Crippen molar-refractivity contribution in [3.63, 3.8) is 0 Å². The number of carboxylic acids is 1. The van der Waals surface area contributed by atoms with Crippen molar-refractivity contribution in [2.24, 2.45) is 0 Å². The number of hydrogen-bond acceptors (Lipinski definition) is 5. The number of ether oxygens (including phenoxy) is 1. The third-order valence-corrected chi connectivity index (χ3v) is 3.24. The predicted molar refractivity (Wildman–Crippen MR) is 86.7 cm³/mol. The van der Waals surface area contributed by atoms with E-state index in [1.54, 1.807) is 37.5 Å². The third kappa shape index (κ3) is 4.22. The van der Waals surface area contributed by atoms with Crippen molar-refractivity contribution in [2.45, 2.75) is 19.4 Å². The van der Waals surface area contributed by atoms with E-state index in [0.29, 0.717) is 24.2 Å². The summed E-state index contributed by atoms with van der Waals surface area (Å²) >= 11 is 0. The number of aromatic nitrogens is 1. The summed E-state index contributed by atoms with van der Waals surface area (Å²) < 4.78 is 10.3. The molecule has 2 rings (SSSR count). The number of methoxy groups -OCH3 is 1. The monoisotopic (exact) mass is 330 g/mol. The molecule has 1 aromatic heterocycles. The summed E-state index contributed by atoms with van der Waals surface area (Å²) in [5.41, 5.74) is 0.793. The standard InChI is InChI=1S/C17H18N2O5/c1-3-4-5-13(20)18-10-14-19-15(16(24-14)17(21)22)11-6-8-12(23-2)9-7-11/h3,6-9H,1,4-5,10H2,2H3,(H,18,20)(H,21,22). The minimum absolute atomic E-state index is 0.0202. The molecule has 0 saturated heterocycles. The summed E-state index contributed by atoms with van der Waals surface area (Å²) in [7, 11) is 1.54. The van der Waals surface area contributed by atoms with Crippen LogP contribution in [0.3, 0.4) is 0 Å². The Morgan fingerprint density at radius 2 is 2.08 bits per heavy atom. The van der Waals surface area contributed by atoms with Crippen LogP contribution in [0.25, 0.3) is 11.3 Å². The summed E-state index contributed by atoms with van der Waals surface area (Å²) in [5.74, 6) is -0.900. The van der Waals surface area contributed by atoms with Crippen LogP contribution in [-0.4, -0.2) is 29.1 Å². The molecular weight excluding hydrogens is 312 g/mol. The van der Waals surface area contributed by atoms with E-state index in [4.69, 9.17) is 9.15 Å². The minimum atomic E-state index is -1.22. The van der Waals surface area contributed by atoms with Crippen LogP contribution in [0.5, 0.6) is 5.75 Å². The molecule has 0 aliphatic heterocycles. The van der Waals surface area contributed by atoms with Crippen LogP contribution in [0.1, 0.15) is 29.3 Å². The fourth-order valence-corrected chi connectivity index (χ4v) is 2.03. The van der Waals surface area contributed by atoms with Gasteiger partial charge in [-0.3, -0.25) is 4.79 Å². The number of carbonyl (C=O) groups is 2. The fraction of sp³-hybridized carbons (Fsp3) is 0.235.